The molecule has 3 heteroatoms. The number of carbonyl (C=O) groups excluding carboxylic acids is 1. The van der Waals surface area contributed by atoms with E-state index in [2.05, 4.69) is 78.1 Å². The molecule has 1 amide bonds. The average Bonchev–Trinajstić information content (AvgIpc) is 3.05. The molecule has 1 N–H and O–H groups in total. The van der Waals surface area contributed by atoms with Crippen LogP contribution >= 0.6 is 10.5 Å². The van der Waals surface area contributed by atoms with Crippen LogP contribution in [0, 0.1) is 0 Å². The van der Waals surface area contributed by atoms with Crippen molar-refractivity contribution in [1.29, 1.82) is 0 Å². The predicted molar refractivity (Wildman–Crippen MR) is 116 cm³/mol. The van der Waals surface area contributed by atoms with Gasteiger partial charge >= 0.3 is 0 Å². The van der Waals surface area contributed by atoms with Crippen molar-refractivity contribution in [3.05, 3.63) is 90.5 Å². The van der Waals surface area contributed by atoms with Gasteiger partial charge in [-0.25, -0.2) is 0 Å². The van der Waals surface area contributed by atoms with E-state index in [9.17, 15) is 4.79 Å². The van der Waals surface area contributed by atoms with E-state index >= 15 is 0 Å². The van der Waals surface area contributed by atoms with Crippen LogP contribution in [0.1, 0.15) is 10.4 Å². The molecule has 1 unspecified atom stereocenters. The summed E-state index contributed by atoms with van der Waals surface area (Å²) in [4.78, 5) is 13.1. The molecule has 0 saturated heterocycles. The number of nitrogens with one attached hydrogen (secondary N) is 1. The number of benzene rings is 4. The Kier molecular flexibility index (Phi) is 3.69. The third-order valence-electron chi connectivity index (χ3n) is 5.04. The third kappa shape index (κ3) is 2.51. The fourth-order valence-corrected chi connectivity index (χ4v) is 6.12. The molecular weight excluding hydrogens is 350 g/mol. The molecule has 1 atom stereocenters. The number of amides is 1. The minimum Gasteiger partial charge on any atom is -0.355 e. The number of carbonyl (C=O) groups is 1. The normalized spacial score (nSPS) is 12.0. The van der Waals surface area contributed by atoms with E-state index in [0.717, 1.165) is 0 Å². The van der Waals surface area contributed by atoms with E-state index in [1.807, 2.05) is 12.1 Å². The predicted octanol–water partition coefficient (Wildman–Crippen LogP) is 6.24. The zero-order valence-corrected chi connectivity index (χ0v) is 15.7. The van der Waals surface area contributed by atoms with Gasteiger partial charge in [0, 0.05) is 39.9 Å². The Bertz CT molecular complexity index is 1320. The number of hydrogen-bond donors (Lipinski definition) is 1. The van der Waals surface area contributed by atoms with E-state index in [1.54, 1.807) is 7.05 Å². The van der Waals surface area contributed by atoms with Crippen LogP contribution in [-0.4, -0.2) is 13.0 Å². The van der Waals surface area contributed by atoms with Crippen molar-refractivity contribution in [3.63, 3.8) is 0 Å². The van der Waals surface area contributed by atoms with Gasteiger partial charge in [0.15, 0.2) is 14.3 Å². The van der Waals surface area contributed by atoms with Gasteiger partial charge in [0.2, 0.25) is 0 Å². The standard InChI is InChI=1S/C24H17NOS/c1-25-24(26)16-10-12-19(13-11-16)27-22-9-5-4-8-20(22)21-14-17-6-2-3-7-18(17)15-23(21)27/h2-15H,1H3/p+1. The van der Waals surface area contributed by atoms with Crippen LogP contribution in [0.2, 0.25) is 0 Å². The van der Waals surface area contributed by atoms with E-state index in [4.69, 9.17) is 0 Å². The molecule has 0 saturated carbocycles. The molecule has 0 spiro atoms. The molecule has 0 aliphatic rings. The molecule has 5 rings (SSSR count). The molecule has 1 heterocycles. The highest BCUT2D eigenvalue weighted by molar-refractivity contribution is 7.50. The molecule has 0 radical (unpaired) electrons. The molecule has 0 aliphatic heterocycles. The van der Waals surface area contributed by atoms with Crippen LogP contribution in [-0.2, 0) is 0 Å². The molecule has 5 aromatic rings. The lowest BCUT2D eigenvalue weighted by molar-refractivity contribution is 0.0963. The minimum absolute atomic E-state index is 0.0527. The molecule has 1 aromatic heterocycles. The maximum Gasteiger partial charge on any atom is 0.251 e. The first-order valence-corrected chi connectivity index (χ1v) is 10.2. The first-order chi connectivity index (χ1) is 13.3. The van der Waals surface area contributed by atoms with Gasteiger partial charge in [-0.15, -0.1) is 0 Å². The zero-order chi connectivity index (χ0) is 18.4. The Morgan fingerprint density at radius 2 is 1.41 bits per heavy atom. The Morgan fingerprint density at radius 1 is 0.741 bits per heavy atom. The van der Waals surface area contributed by atoms with Gasteiger partial charge < -0.3 is 5.32 Å². The van der Waals surface area contributed by atoms with Crippen LogP contribution < -0.4 is 5.32 Å². The van der Waals surface area contributed by atoms with E-state index in [1.165, 1.54) is 35.8 Å². The second-order valence-electron chi connectivity index (χ2n) is 6.60. The summed E-state index contributed by atoms with van der Waals surface area (Å²) in [6.45, 7) is 0. The van der Waals surface area contributed by atoms with Crippen LogP contribution in [0.5, 0.6) is 0 Å². The summed E-state index contributed by atoms with van der Waals surface area (Å²) in [6.07, 6.45) is 0. The number of rotatable bonds is 2. The quantitative estimate of drug-likeness (QED) is 0.367. The topological polar surface area (TPSA) is 29.1 Å². The number of hydrogen-bond acceptors (Lipinski definition) is 1. The van der Waals surface area contributed by atoms with Crippen LogP contribution in [0.25, 0.3) is 35.8 Å². The van der Waals surface area contributed by atoms with Crippen LogP contribution in [0.15, 0.2) is 84.9 Å². The lowest BCUT2D eigenvalue weighted by Crippen LogP contribution is -2.17. The lowest BCUT2D eigenvalue weighted by Gasteiger charge is -2.00. The van der Waals surface area contributed by atoms with Crippen LogP contribution in [0.4, 0.5) is 0 Å². The summed E-state index contributed by atoms with van der Waals surface area (Å²) in [5.41, 5.74) is 0.691. The zero-order valence-electron chi connectivity index (χ0n) is 14.9. The molecule has 0 aliphatic carbocycles. The van der Waals surface area contributed by atoms with E-state index in [0.29, 0.717) is 5.56 Å². The molecule has 2 nitrogen and oxygen atoms in total. The molecule has 27 heavy (non-hydrogen) atoms. The fraction of sp³-hybridized carbons (Fsp3) is 0.0417. The number of thiophene rings is 1. The SMILES string of the molecule is CNC(=O)c1ccc(-[s+]2c3ccccc3c3cc4ccccc4cc32)cc1. The Hall–Kier alpha value is -3.17. The number of fused-ring (bicyclic) bond motifs is 4. The highest BCUT2D eigenvalue weighted by Gasteiger charge is 2.24. The smallest absolute Gasteiger partial charge is 0.251 e. The van der Waals surface area contributed by atoms with Gasteiger partial charge in [-0.1, -0.05) is 36.4 Å². The summed E-state index contributed by atoms with van der Waals surface area (Å²) < 4.78 is 2.72. The fourth-order valence-electron chi connectivity index (χ4n) is 3.73. The second-order valence-corrected chi connectivity index (χ2v) is 8.56. The molecule has 0 bridgehead atoms. The van der Waals surface area contributed by atoms with E-state index in [-0.39, 0.29) is 16.4 Å². The van der Waals surface area contributed by atoms with Gasteiger partial charge in [-0.2, -0.15) is 0 Å². The summed E-state index contributed by atoms with van der Waals surface area (Å²) in [6, 6.07) is 29.9. The highest BCUT2D eigenvalue weighted by atomic mass is 32.2. The first kappa shape index (κ1) is 16.0. The minimum atomic E-state index is -0.152. The Labute approximate surface area is 160 Å². The maximum absolute atomic E-state index is 11.9. The van der Waals surface area contributed by atoms with E-state index < -0.39 is 0 Å². The van der Waals surface area contributed by atoms with Gasteiger partial charge in [-0.3, -0.25) is 4.79 Å². The second kappa shape index (κ2) is 6.22. The highest BCUT2D eigenvalue weighted by Crippen LogP contribution is 2.49. The van der Waals surface area contributed by atoms with Crippen LogP contribution in [0.3, 0.4) is 0 Å². The van der Waals surface area contributed by atoms with Crippen molar-refractivity contribution in [2.75, 3.05) is 7.05 Å². The first-order valence-electron chi connectivity index (χ1n) is 8.95. The lowest BCUT2D eigenvalue weighted by atomic mass is 10.1. The summed E-state index contributed by atoms with van der Waals surface area (Å²) in [7, 11) is 1.51. The van der Waals surface area contributed by atoms with Crippen molar-refractivity contribution in [3.8, 4) is 4.90 Å². The summed E-state index contributed by atoms with van der Waals surface area (Å²) in [5, 5.41) is 7.86. The Balaban J connectivity index is 1.84. The van der Waals surface area contributed by atoms with Gasteiger partial charge in [0.25, 0.3) is 5.91 Å². The maximum atomic E-state index is 11.9. The molecule has 130 valence electrons. The summed E-state index contributed by atoms with van der Waals surface area (Å²) >= 11 is 0. The van der Waals surface area contributed by atoms with Crippen molar-refractivity contribution in [2.24, 2.45) is 0 Å². The molecule has 0 fully saturated rings. The molecule has 4 aromatic carbocycles. The van der Waals surface area contributed by atoms with Gasteiger partial charge in [0.05, 0.1) is 0 Å². The van der Waals surface area contributed by atoms with Crippen molar-refractivity contribution in [1.82, 2.24) is 5.32 Å². The third-order valence-corrected chi connectivity index (χ3v) is 7.36. The Morgan fingerprint density at radius 3 is 2.15 bits per heavy atom. The van der Waals surface area contributed by atoms with Crippen molar-refractivity contribution < 1.29 is 4.79 Å². The van der Waals surface area contributed by atoms with Crippen molar-refractivity contribution in [2.45, 2.75) is 0 Å². The average molecular weight is 368 g/mol. The van der Waals surface area contributed by atoms with Crippen molar-refractivity contribution >= 4 is 47.3 Å². The van der Waals surface area contributed by atoms with Gasteiger partial charge in [0.1, 0.15) is 0 Å². The largest absolute Gasteiger partial charge is 0.355 e. The monoisotopic (exact) mass is 368 g/mol. The van der Waals surface area contributed by atoms with Gasteiger partial charge in [-0.05, 0) is 53.2 Å². The molecular formula is C24H18NOS+. The summed E-state index contributed by atoms with van der Waals surface area (Å²) in [5.74, 6) is -0.0527.